The standard InChI is InChI=1S/C17H13ClN4O2S/c18-12-9-5-4-8-11(12)15(24)22-16-13(14(19)23)21-17(25-16)20-10-6-2-1-3-7-10/h1-9H,(H2,19,23)(H,20,21)(H,22,24). The zero-order chi connectivity index (χ0) is 17.8. The normalized spacial score (nSPS) is 10.3. The summed E-state index contributed by atoms with van der Waals surface area (Å²) in [6, 6.07) is 16.0. The number of nitrogens with two attached hydrogens (primary N) is 1. The van der Waals surface area contributed by atoms with Crippen LogP contribution in [-0.2, 0) is 0 Å². The Morgan fingerprint density at radius 1 is 1.04 bits per heavy atom. The van der Waals surface area contributed by atoms with Gasteiger partial charge in [0.1, 0.15) is 5.00 Å². The molecule has 0 spiro atoms. The van der Waals surface area contributed by atoms with E-state index < -0.39 is 11.8 Å². The molecule has 0 bridgehead atoms. The van der Waals surface area contributed by atoms with Crippen LogP contribution in [0.4, 0.5) is 15.8 Å². The Balaban J connectivity index is 1.86. The van der Waals surface area contributed by atoms with Crippen LogP contribution in [0.2, 0.25) is 5.02 Å². The second-order valence-electron chi connectivity index (χ2n) is 4.99. The molecule has 0 aliphatic heterocycles. The number of para-hydroxylation sites is 1. The molecule has 0 unspecified atom stereocenters. The van der Waals surface area contributed by atoms with Crippen molar-refractivity contribution in [2.24, 2.45) is 5.73 Å². The average molecular weight is 373 g/mol. The molecule has 4 N–H and O–H groups in total. The number of halogens is 1. The number of amides is 2. The highest BCUT2D eigenvalue weighted by molar-refractivity contribution is 7.20. The van der Waals surface area contributed by atoms with E-state index in [1.165, 1.54) is 0 Å². The number of benzene rings is 2. The molecule has 1 heterocycles. The maximum Gasteiger partial charge on any atom is 0.270 e. The Labute approximate surface area is 152 Å². The van der Waals surface area contributed by atoms with Crippen molar-refractivity contribution in [3.63, 3.8) is 0 Å². The Bertz CT molecular complexity index is 927. The van der Waals surface area contributed by atoms with Crippen LogP contribution in [0, 0.1) is 0 Å². The molecule has 2 amide bonds. The molecule has 2 aromatic carbocycles. The van der Waals surface area contributed by atoms with Gasteiger partial charge in [0.2, 0.25) is 0 Å². The zero-order valence-electron chi connectivity index (χ0n) is 12.8. The van der Waals surface area contributed by atoms with Gasteiger partial charge in [0.05, 0.1) is 10.6 Å². The summed E-state index contributed by atoms with van der Waals surface area (Å²) in [5.74, 6) is -1.17. The van der Waals surface area contributed by atoms with Crippen LogP contribution in [0.3, 0.4) is 0 Å². The van der Waals surface area contributed by atoms with Crippen molar-refractivity contribution in [2.45, 2.75) is 0 Å². The molecule has 25 heavy (non-hydrogen) atoms. The molecule has 0 radical (unpaired) electrons. The number of primary amides is 1. The number of rotatable bonds is 5. The Morgan fingerprint density at radius 3 is 2.40 bits per heavy atom. The summed E-state index contributed by atoms with van der Waals surface area (Å²) in [5.41, 5.74) is 6.45. The quantitative estimate of drug-likeness (QED) is 0.632. The van der Waals surface area contributed by atoms with Crippen LogP contribution < -0.4 is 16.4 Å². The topological polar surface area (TPSA) is 97.1 Å². The van der Waals surface area contributed by atoms with Gasteiger partial charge in [-0.3, -0.25) is 9.59 Å². The van der Waals surface area contributed by atoms with Crippen molar-refractivity contribution in [1.82, 2.24) is 4.98 Å². The summed E-state index contributed by atoms with van der Waals surface area (Å²) < 4.78 is 0. The maximum atomic E-state index is 12.4. The van der Waals surface area contributed by atoms with Gasteiger partial charge in [-0.15, -0.1) is 0 Å². The number of aromatic nitrogens is 1. The molecule has 0 atom stereocenters. The minimum Gasteiger partial charge on any atom is -0.364 e. The Kier molecular flexibility index (Phi) is 4.97. The first-order valence-electron chi connectivity index (χ1n) is 7.23. The van der Waals surface area contributed by atoms with Gasteiger partial charge in [0.25, 0.3) is 11.8 Å². The number of nitrogens with one attached hydrogen (secondary N) is 2. The van der Waals surface area contributed by atoms with Gasteiger partial charge < -0.3 is 16.4 Å². The fraction of sp³-hybridized carbons (Fsp3) is 0. The Hall–Kier alpha value is -2.90. The van der Waals surface area contributed by atoms with E-state index in [2.05, 4.69) is 15.6 Å². The molecule has 0 saturated carbocycles. The van der Waals surface area contributed by atoms with Crippen molar-refractivity contribution in [1.29, 1.82) is 0 Å². The SMILES string of the molecule is NC(=O)c1nc(Nc2ccccc2)sc1NC(=O)c1ccccc1Cl. The lowest BCUT2D eigenvalue weighted by Gasteiger charge is -2.05. The third kappa shape index (κ3) is 3.96. The lowest BCUT2D eigenvalue weighted by Crippen LogP contribution is -2.17. The number of anilines is 3. The van der Waals surface area contributed by atoms with Crippen molar-refractivity contribution < 1.29 is 9.59 Å². The summed E-state index contributed by atoms with van der Waals surface area (Å²) in [7, 11) is 0. The second kappa shape index (κ2) is 7.33. The molecule has 3 aromatic rings. The van der Waals surface area contributed by atoms with Gasteiger partial charge in [-0.1, -0.05) is 53.3 Å². The summed E-state index contributed by atoms with van der Waals surface area (Å²) in [6.45, 7) is 0. The molecule has 1 aromatic heterocycles. The minimum absolute atomic E-state index is 0.0103. The van der Waals surface area contributed by atoms with E-state index in [0.29, 0.717) is 15.7 Å². The van der Waals surface area contributed by atoms with Gasteiger partial charge >= 0.3 is 0 Å². The number of carbonyl (C=O) groups excluding carboxylic acids is 2. The van der Waals surface area contributed by atoms with E-state index >= 15 is 0 Å². The minimum atomic E-state index is -0.730. The molecule has 0 aliphatic rings. The number of hydrogen-bond acceptors (Lipinski definition) is 5. The molecule has 6 nitrogen and oxygen atoms in total. The van der Waals surface area contributed by atoms with Crippen LogP contribution in [0.25, 0.3) is 0 Å². The molecule has 126 valence electrons. The number of carbonyl (C=O) groups is 2. The van der Waals surface area contributed by atoms with E-state index in [9.17, 15) is 9.59 Å². The third-order valence-corrected chi connectivity index (χ3v) is 4.45. The van der Waals surface area contributed by atoms with Crippen LogP contribution >= 0.6 is 22.9 Å². The highest BCUT2D eigenvalue weighted by Crippen LogP contribution is 2.31. The van der Waals surface area contributed by atoms with Gasteiger partial charge in [0, 0.05) is 5.69 Å². The number of nitrogens with zero attached hydrogens (tertiary/aromatic N) is 1. The third-order valence-electron chi connectivity index (χ3n) is 3.23. The van der Waals surface area contributed by atoms with Crippen molar-refractivity contribution >= 4 is 50.6 Å². The molecular weight excluding hydrogens is 360 g/mol. The molecule has 0 saturated heterocycles. The largest absolute Gasteiger partial charge is 0.364 e. The summed E-state index contributed by atoms with van der Waals surface area (Å²) in [4.78, 5) is 28.2. The summed E-state index contributed by atoms with van der Waals surface area (Å²) in [6.07, 6.45) is 0. The monoisotopic (exact) mass is 372 g/mol. The van der Waals surface area contributed by atoms with Crippen molar-refractivity contribution in [3.05, 3.63) is 70.9 Å². The van der Waals surface area contributed by atoms with Crippen molar-refractivity contribution in [3.8, 4) is 0 Å². The van der Waals surface area contributed by atoms with Crippen LogP contribution in [0.5, 0.6) is 0 Å². The van der Waals surface area contributed by atoms with E-state index in [1.54, 1.807) is 24.3 Å². The smallest absolute Gasteiger partial charge is 0.270 e. The maximum absolute atomic E-state index is 12.4. The van der Waals surface area contributed by atoms with Gasteiger partial charge in [-0.25, -0.2) is 4.98 Å². The fourth-order valence-corrected chi connectivity index (χ4v) is 3.19. The predicted molar refractivity (Wildman–Crippen MR) is 99.8 cm³/mol. The van der Waals surface area contributed by atoms with Crippen LogP contribution in [0.1, 0.15) is 20.8 Å². The van der Waals surface area contributed by atoms with Gasteiger partial charge in [-0.05, 0) is 24.3 Å². The lowest BCUT2D eigenvalue weighted by atomic mass is 10.2. The highest BCUT2D eigenvalue weighted by Gasteiger charge is 2.19. The molecule has 0 aliphatic carbocycles. The highest BCUT2D eigenvalue weighted by atomic mass is 35.5. The van der Waals surface area contributed by atoms with E-state index in [4.69, 9.17) is 17.3 Å². The zero-order valence-corrected chi connectivity index (χ0v) is 14.4. The number of thiazole rings is 1. The molecular formula is C17H13ClN4O2S. The molecule has 0 fully saturated rings. The fourth-order valence-electron chi connectivity index (χ4n) is 2.09. The summed E-state index contributed by atoms with van der Waals surface area (Å²) in [5, 5.41) is 6.73. The summed E-state index contributed by atoms with van der Waals surface area (Å²) >= 11 is 7.14. The lowest BCUT2D eigenvalue weighted by molar-refractivity contribution is 0.0997. The van der Waals surface area contributed by atoms with Gasteiger partial charge in [-0.2, -0.15) is 0 Å². The van der Waals surface area contributed by atoms with E-state index in [1.807, 2.05) is 30.3 Å². The first kappa shape index (κ1) is 16.9. The predicted octanol–water partition coefficient (Wildman–Crippen LogP) is 3.89. The van der Waals surface area contributed by atoms with Crippen LogP contribution in [0.15, 0.2) is 54.6 Å². The van der Waals surface area contributed by atoms with E-state index in [0.717, 1.165) is 17.0 Å². The Morgan fingerprint density at radius 2 is 1.72 bits per heavy atom. The second-order valence-corrected chi connectivity index (χ2v) is 6.39. The molecule has 8 heteroatoms. The van der Waals surface area contributed by atoms with Crippen molar-refractivity contribution in [2.75, 3.05) is 10.6 Å². The average Bonchev–Trinajstić information content (AvgIpc) is 2.98. The number of hydrogen-bond donors (Lipinski definition) is 3. The van der Waals surface area contributed by atoms with E-state index in [-0.39, 0.29) is 10.7 Å². The van der Waals surface area contributed by atoms with Gasteiger partial charge in [0.15, 0.2) is 10.8 Å². The first-order chi connectivity index (χ1) is 12.0. The molecule has 3 rings (SSSR count). The van der Waals surface area contributed by atoms with Crippen LogP contribution in [-0.4, -0.2) is 16.8 Å². The first-order valence-corrected chi connectivity index (χ1v) is 8.42.